The molecule has 0 bridgehead atoms. The van der Waals surface area contributed by atoms with Gasteiger partial charge in [0.1, 0.15) is 18.1 Å². The van der Waals surface area contributed by atoms with E-state index in [1.54, 1.807) is 24.3 Å². The number of nitrogens with one attached hydrogen (secondary N) is 1. The number of anilines is 1. The summed E-state index contributed by atoms with van der Waals surface area (Å²) >= 11 is 6.43. The van der Waals surface area contributed by atoms with Crippen molar-refractivity contribution in [3.63, 3.8) is 0 Å². The summed E-state index contributed by atoms with van der Waals surface area (Å²) in [6.45, 7) is 0.333. The lowest BCUT2D eigenvalue weighted by Crippen LogP contribution is -2.08. The van der Waals surface area contributed by atoms with Crippen LogP contribution in [0.4, 0.5) is 5.69 Å². The van der Waals surface area contributed by atoms with Crippen LogP contribution in [0.2, 0.25) is 5.02 Å². The van der Waals surface area contributed by atoms with Gasteiger partial charge in [0.05, 0.1) is 22.1 Å². The number of carboxylic acids is 1. The van der Waals surface area contributed by atoms with Gasteiger partial charge >= 0.3 is 5.97 Å². The molecule has 39 heavy (non-hydrogen) atoms. The van der Waals surface area contributed by atoms with Gasteiger partial charge in [0.15, 0.2) is 0 Å². The largest absolute Gasteiger partial charge is 0.487 e. The number of aromatic carboxylic acids is 1. The zero-order chi connectivity index (χ0) is 27.0. The summed E-state index contributed by atoms with van der Waals surface area (Å²) in [7, 11) is 0. The van der Waals surface area contributed by atoms with E-state index in [1.165, 1.54) is 6.07 Å². The molecule has 6 nitrogen and oxygen atoms in total. The molecule has 192 valence electrons. The topological polar surface area (TPSA) is 83.8 Å². The first-order valence-electron chi connectivity index (χ1n) is 12.2. The Morgan fingerprint density at radius 2 is 1.44 bits per heavy atom. The quantitative estimate of drug-likeness (QED) is 0.151. The first-order valence-corrected chi connectivity index (χ1v) is 12.6. The smallest absolute Gasteiger partial charge is 0.354 e. The van der Waals surface area contributed by atoms with E-state index in [-0.39, 0.29) is 5.69 Å². The van der Waals surface area contributed by atoms with Crippen molar-refractivity contribution < 1.29 is 14.6 Å². The Hall–Kier alpha value is -4.94. The molecule has 0 aliphatic carbocycles. The van der Waals surface area contributed by atoms with Crippen LogP contribution >= 0.6 is 11.6 Å². The lowest BCUT2D eigenvalue weighted by Gasteiger charge is -2.14. The van der Waals surface area contributed by atoms with Gasteiger partial charge in [0.2, 0.25) is 0 Å². The predicted molar refractivity (Wildman–Crippen MR) is 155 cm³/mol. The van der Waals surface area contributed by atoms with Crippen LogP contribution in [-0.4, -0.2) is 21.8 Å². The number of benzene rings is 4. The molecule has 2 N–H and O–H groups in total. The highest BCUT2D eigenvalue weighted by atomic mass is 35.5. The number of ether oxygens (including phenoxy) is 1. The number of carbonyl (C=O) groups is 1. The van der Waals surface area contributed by atoms with Gasteiger partial charge in [-0.2, -0.15) is 5.10 Å². The highest BCUT2D eigenvalue weighted by molar-refractivity contribution is 6.32. The van der Waals surface area contributed by atoms with E-state index in [9.17, 15) is 9.90 Å². The lowest BCUT2D eigenvalue weighted by atomic mass is 10.0. The molecule has 0 unspecified atom stereocenters. The second-order valence-electron chi connectivity index (χ2n) is 8.62. The summed E-state index contributed by atoms with van der Waals surface area (Å²) in [6.07, 6.45) is 0. The molecule has 0 atom stereocenters. The first-order chi connectivity index (χ1) is 19.1. The van der Waals surface area contributed by atoms with Crippen molar-refractivity contribution in [3.05, 3.63) is 149 Å². The normalized spacial score (nSPS) is 10.5. The highest BCUT2D eigenvalue weighted by Crippen LogP contribution is 2.34. The van der Waals surface area contributed by atoms with Crippen LogP contribution in [0, 0.1) is 0 Å². The summed E-state index contributed by atoms with van der Waals surface area (Å²) in [6, 6.07) is 37.7. The molecule has 0 aliphatic rings. The monoisotopic (exact) mass is 533 g/mol. The zero-order valence-corrected chi connectivity index (χ0v) is 21.5. The molecule has 0 radical (unpaired) electrons. The van der Waals surface area contributed by atoms with Crippen molar-refractivity contribution in [1.82, 2.24) is 4.98 Å². The van der Waals surface area contributed by atoms with E-state index in [2.05, 4.69) is 10.4 Å². The van der Waals surface area contributed by atoms with E-state index in [1.807, 2.05) is 91.0 Å². The average Bonchev–Trinajstić information content (AvgIpc) is 2.98. The van der Waals surface area contributed by atoms with Gasteiger partial charge in [0, 0.05) is 16.7 Å². The van der Waals surface area contributed by atoms with Crippen molar-refractivity contribution >= 4 is 29.0 Å². The number of nitrogens with zero attached hydrogens (tertiary/aromatic N) is 2. The fourth-order valence-corrected chi connectivity index (χ4v) is 4.16. The molecule has 0 saturated heterocycles. The number of hydrazone groups is 1. The maximum absolute atomic E-state index is 11.8. The van der Waals surface area contributed by atoms with Crippen LogP contribution in [0.1, 0.15) is 27.2 Å². The van der Waals surface area contributed by atoms with Crippen LogP contribution in [-0.2, 0) is 6.61 Å². The second kappa shape index (κ2) is 12.1. The minimum absolute atomic E-state index is 0.0902. The molecule has 0 fully saturated rings. The number of hydrogen-bond donors (Lipinski definition) is 2. The van der Waals surface area contributed by atoms with Crippen LogP contribution < -0.4 is 10.2 Å². The van der Waals surface area contributed by atoms with Crippen LogP contribution in [0.5, 0.6) is 5.75 Å². The van der Waals surface area contributed by atoms with E-state index in [0.717, 1.165) is 22.4 Å². The molecule has 5 rings (SSSR count). The number of carboxylic acid groups (broad SMARTS) is 1. The predicted octanol–water partition coefficient (Wildman–Crippen LogP) is 7.54. The van der Waals surface area contributed by atoms with Crippen LogP contribution in [0.25, 0.3) is 11.3 Å². The molecular formula is C32H24ClN3O3. The minimum Gasteiger partial charge on any atom is -0.487 e. The van der Waals surface area contributed by atoms with Gasteiger partial charge < -0.3 is 9.84 Å². The third kappa shape index (κ3) is 6.32. The highest BCUT2D eigenvalue weighted by Gasteiger charge is 2.15. The second-order valence-corrected chi connectivity index (χ2v) is 9.03. The fourth-order valence-electron chi connectivity index (χ4n) is 3.99. The average molecular weight is 534 g/mol. The number of pyridine rings is 1. The Labute approximate surface area is 231 Å². The molecule has 1 aromatic heterocycles. The van der Waals surface area contributed by atoms with Crippen molar-refractivity contribution in [2.45, 2.75) is 6.61 Å². The van der Waals surface area contributed by atoms with Gasteiger partial charge in [-0.15, -0.1) is 0 Å². The Balaban J connectivity index is 1.53. The molecule has 1 heterocycles. The van der Waals surface area contributed by atoms with Crippen molar-refractivity contribution in [3.8, 4) is 17.0 Å². The van der Waals surface area contributed by atoms with Crippen LogP contribution in [0.3, 0.4) is 0 Å². The fraction of sp³-hybridized carbons (Fsp3) is 0.0312. The molecule has 0 aliphatic heterocycles. The number of hydrogen-bond acceptors (Lipinski definition) is 5. The number of aromatic nitrogens is 1. The van der Waals surface area contributed by atoms with Crippen LogP contribution in [0.15, 0.2) is 126 Å². The number of rotatable bonds is 9. The number of halogens is 1. The summed E-state index contributed by atoms with van der Waals surface area (Å²) in [4.78, 5) is 16.2. The SMILES string of the molecule is O=C(O)c1ccc(NN=C(c2ccccc2)c2ccccc2)c(-c2ccc(Cl)c(OCc3ccccc3)c2)n1. The van der Waals surface area contributed by atoms with Crippen molar-refractivity contribution in [2.24, 2.45) is 5.10 Å². The molecule has 5 aromatic rings. The van der Waals surface area contributed by atoms with Gasteiger partial charge in [0.25, 0.3) is 0 Å². The van der Waals surface area contributed by atoms with E-state index in [4.69, 9.17) is 21.4 Å². The maximum atomic E-state index is 11.8. The van der Waals surface area contributed by atoms with Gasteiger partial charge in [-0.1, -0.05) is 109 Å². The molecular weight excluding hydrogens is 510 g/mol. The maximum Gasteiger partial charge on any atom is 0.354 e. The summed E-state index contributed by atoms with van der Waals surface area (Å²) in [5, 5.41) is 14.8. The Bertz CT molecular complexity index is 1570. The Morgan fingerprint density at radius 1 is 0.821 bits per heavy atom. The van der Waals surface area contributed by atoms with Crippen molar-refractivity contribution in [1.29, 1.82) is 0 Å². The van der Waals surface area contributed by atoms with Crippen molar-refractivity contribution in [2.75, 3.05) is 5.43 Å². The summed E-state index contributed by atoms with van der Waals surface area (Å²) < 4.78 is 5.99. The molecule has 0 amide bonds. The van der Waals surface area contributed by atoms with Gasteiger partial charge in [-0.25, -0.2) is 9.78 Å². The third-order valence-electron chi connectivity index (χ3n) is 5.94. The Kier molecular flexibility index (Phi) is 7.95. The zero-order valence-electron chi connectivity index (χ0n) is 20.8. The van der Waals surface area contributed by atoms with E-state index >= 15 is 0 Å². The van der Waals surface area contributed by atoms with E-state index < -0.39 is 5.97 Å². The molecule has 0 saturated carbocycles. The molecule has 0 spiro atoms. The van der Waals surface area contributed by atoms with E-state index in [0.29, 0.717) is 34.3 Å². The minimum atomic E-state index is -1.13. The summed E-state index contributed by atoms with van der Waals surface area (Å²) in [5.74, 6) is -0.667. The summed E-state index contributed by atoms with van der Waals surface area (Å²) in [5.41, 5.74) is 8.17. The third-order valence-corrected chi connectivity index (χ3v) is 6.25. The standard InChI is InChI=1S/C32H24ClN3O3/c33-26-17-16-25(20-29(26)39-21-22-10-4-1-5-11-22)31-27(18-19-28(34-31)32(37)38)35-36-30(23-12-6-2-7-13-23)24-14-8-3-9-15-24/h1-20,35H,21H2,(H,37,38). The van der Waals surface area contributed by atoms with Gasteiger partial charge in [-0.3, -0.25) is 5.43 Å². The Morgan fingerprint density at radius 3 is 2.05 bits per heavy atom. The first kappa shape index (κ1) is 25.7. The molecule has 4 aromatic carbocycles. The van der Waals surface area contributed by atoms with Gasteiger partial charge in [-0.05, 0) is 29.8 Å². The molecule has 7 heteroatoms. The lowest BCUT2D eigenvalue weighted by molar-refractivity contribution is 0.0690.